The Balaban J connectivity index is 1.91. The van der Waals surface area contributed by atoms with Gasteiger partial charge in [-0.25, -0.2) is 9.36 Å². The van der Waals surface area contributed by atoms with Crippen molar-refractivity contribution in [1.29, 1.82) is 0 Å². The number of nitrogens with zero attached hydrogens (tertiary/aromatic N) is 2. The Bertz CT molecular complexity index is 1050. The first-order chi connectivity index (χ1) is 12.6. The third kappa shape index (κ3) is 4.74. The standard InChI is InChI=1S/C16H11F3N2O4S2/c1-10-2-3-11(12-8-21-26-9-12)6-14(10)25-27(22,23)13-4-5-20-15(7-13)24-16(17,18)19/h2-9H,1H3. The molecule has 0 spiro atoms. The third-order valence-electron chi connectivity index (χ3n) is 3.37. The maximum atomic E-state index is 12.5. The molecule has 3 rings (SSSR count). The van der Waals surface area contributed by atoms with Crippen LogP contribution in [0.4, 0.5) is 13.2 Å². The van der Waals surface area contributed by atoms with Crippen molar-refractivity contribution in [3.63, 3.8) is 0 Å². The van der Waals surface area contributed by atoms with Crippen LogP contribution in [-0.4, -0.2) is 24.1 Å². The summed E-state index contributed by atoms with van der Waals surface area (Å²) in [5.41, 5.74) is 2.01. The molecule has 2 aromatic heterocycles. The summed E-state index contributed by atoms with van der Waals surface area (Å²) in [5, 5.41) is 1.78. The van der Waals surface area contributed by atoms with Crippen LogP contribution in [0.5, 0.6) is 11.6 Å². The van der Waals surface area contributed by atoms with Crippen molar-refractivity contribution in [3.05, 3.63) is 53.7 Å². The van der Waals surface area contributed by atoms with Crippen molar-refractivity contribution in [1.82, 2.24) is 9.36 Å². The molecule has 6 nitrogen and oxygen atoms in total. The number of aryl methyl sites for hydroxylation is 1. The molecule has 0 fully saturated rings. The Morgan fingerprint density at radius 3 is 2.56 bits per heavy atom. The second kappa shape index (κ2) is 7.16. The quantitative estimate of drug-likeness (QED) is 0.581. The van der Waals surface area contributed by atoms with E-state index in [2.05, 4.69) is 14.1 Å². The monoisotopic (exact) mass is 416 g/mol. The highest BCUT2D eigenvalue weighted by Gasteiger charge is 2.32. The van der Waals surface area contributed by atoms with Gasteiger partial charge in [0.25, 0.3) is 0 Å². The lowest BCUT2D eigenvalue weighted by atomic mass is 10.1. The molecule has 0 N–H and O–H groups in total. The largest absolute Gasteiger partial charge is 0.574 e. The number of hydrogen-bond donors (Lipinski definition) is 0. The Labute approximate surface area is 156 Å². The summed E-state index contributed by atoms with van der Waals surface area (Å²) in [5.74, 6) is -0.851. The molecule has 0 radical (unpaired) electrons. The van der Waals surface area contributed by atoms with Crippen molar-refractivity contribution in [2.24, 2.45) is 0 Å². The number of benzene rings is 1. The number of rotatable bonds is 5. The highest BCUT2D eigenvalue weighted by Crippen LogP contribution is 2.30. The first kappa shape index (κ1) is 19.1. The summed E-state index contributed by atoms with van der Waals surface area (Å²) in [7, 11) is -4.40. The van der Waals surface area contributed by atoms with Gasteiger partial charge < -0.3 is 8.92 Å². The van der Waals surface area contributed by atoms with Gasteiger partial charge in [-0.2, -0.15) is 8.42 Å². The molecule has 0 aliphatic carbocycles. The van der Waals surface area contributed by atoms with E-state index in [1.807, 2.05) is 0 Å². The Hall–Kier alpha value is -2.66. The molecule has 1 aromatic carbocycles. The smallest absolute Gasteiger partial charge is 0.388 e. The van der Waals surface area contributed by atoms with Crippen LogP contribution in [0, 0.1) is 6.92 Å². The van der Waals surface area contributed by atoms with Gasteiger partial charge in [0, 0.05) is 29.4 Å². The molecule has 27 heavy (non-hydrogen) atoms. The van der Waals surface area contributed by atoms with E-state index in [9.17, 15) is 21.6 Å². The molecule has 0 saturated heterocycles. The number of hydrogen-bond acceptors (Lipinski definition) is 7. The molecule has 0 aliphatic heterocycles. The van der Waals surface area contributed by atoms with Crippen molar-refractivity contribution in [2.45, 2.75) is 18.2 Å². The van der Waals surface area contributed by atoms with Crippen molar-refractivity contribution in [2.75, 3.05) is 0 Å². The van der Waals surface area contributed by atoms with Crippen molar-refractivity contribution < 1.29 is 30.5 Å². The fourth-order valence-corrected chi connectivity index (χ4v) is 3.63. The zero-order valence-electron chi connectivity index (χ0n) is 13.6. The van der Waals surface area contributed by atoms with E-state index < -0.39 is 27.3 Å². The van der Waals surface area contributed by atoms with Gasteiger partial charge in [0.15, 0.2) is 0 Å². The van der Waals surface area contributed by atoms with Gasteiger partial charge in [-0.15, -0.1) is 13.2 Å². The Morgan fingerprint density at radius 1 is 1.11 bits per heavy atom. The molecule has 3 aromatic rings. The maximum absolute atomic E-state index is 12.5. The van der Waals surface area contributed by atoms with Gasteiger partial charge in [0.05, 0.1) is 0 Å². The molecule has 142 valence electrons. The van der Waals surface area contributed by atoms with Gasteiger partial charge in [-0.1, -0.05) is 12.1 Å². The fourth-order valence-electron chi connectivity index (χ4n) is 2.10. The fraction of sp³-hybridized carbons (Fsp3) is 0.125. The van der Waals surface area contributed by atoms with Crippen LogP contribution in [0.2, 0.25) is 0 Å². The summed E-state index contributed by atoms with van der Waals surface area (Å²) < 4.78 is 74.6. The normalized spacial score (nSPS) is 12.0. The van der Waals surface area contributed by atoms with E-state index in [1.165, 1.54) is 17.6 Å². The number of aromatic nitrogens is 2. The summed E-state index contributed by atoms with van der Waals surface area (Å²) >= 11 is 1.24. The molecule has 2 heterocycles. The van der Waals surface area contributed by atoms with Crippen LogP contribution in [0.15, 0.2) is 53.0 Å². The highest BCUT2D eigenvalue weighted by atomic mass is 32.2. The SMILES string of the molecule is Cc1ccc(-c2cnsc2)cc1OS(=O)(=O)c1ccnc(OC(F)(F)F)c1. The van der Waals surface area contributed by atoms with Gasteiger partial charge in [-0.05, 0) is 41.7 Å². The number of ether oxygens (including phenoxy) is 1. The predicted molar refractivity (Wildman–Crippen MR) is 91.0 cm³/mol. The molecule has 0 bridgehead atoms. The molecular weight excluding hydrogens is 405 g/mol. The second-order valence-electron chi connectivity index (χ2n) is 5.31. The van der Waals surface area contributed by atoms with Gasteiger partial charge >= 0.3 is 16.5 Å². The van der Waals surface area contributed by atoms with Gasteiger partial charge in [0.1, 0.15) is 10.6 Å². The number of alkyl halides is 3. The van der Waals surface area contributed by atoms with E-state index in [-0.39, 0.29) is 5.75 Å². The summed E-state index contributed by atoms with van der Waals surface area (Å²) in [6.07, 6.45) is -2.48. The molecule has 0 saturated carbocycles. The second-order valence-corrected chi connectivity index (χ2v) is 7.51. The zero-order chi connectivity index (χ0) is 19.7. The molecule has 0 amide bonds. The molecule has 0 aliphatic rings. The average molecular weight is 416 g/mol. The third-order valence-corrected chi connectivity index (χ3v) is 5.19. The van der Waals surface area contributed by atoms with Gasteiger partial charge in [0.2, 0.25) is 5.88 Å². The minimum atomic E-state index is -4.99. The summed E-state index contributed by atoms with van der Waals surface area (Å²) in [6.45, 7) is 1.64. The van der Waals surface area contributed by atoms with E-state index in [0.29, 0.717) is 17.2 Å². The van der Waals surface area contributed by atoms with E-state index in [0.717, 1.165) is 17.8 Å². The first-order valence-electron chi connectivity index (χ1n) is 7.31. The Morgan fingerprint density at radius 2 is 1.89 bits per heavy atom. The molecular formula is C16H11F3N2O4S2. The van der Waals surface area contributed by atoms with E-state index in [4.69, 9.17) is 4.18 Å². The maximum Gasteiger partial charge on any atom is 0.574 e. The molecule has 11 heteroatoms. The zero-order valence-corrected chi connectivity index (χ0v) is 15.2. The topological polar surface area (TPSA) is 78.4 Å². The van der Waals surface area contributed by atoms with E-state index >= 15 is 0 Å². The van der Waals surface area contributed by atoms with Crippen molar-refractivity contribution >= 4 is 21.7 Å². The van der Waals surface area contributed by atoms with Crippen LogP contribution in [0.25, 0.3) is 11.1 Å². The lowest BCUT2D eigenvalue weighted by molar-refractivity contribution is -0.276. The number of halogens is 3. The lowest BCUT2D eigenvalue weighted by Crippen LogP contribution is -2.18. The van der Waals surface area contributed by atoms with E-state index in [1.54, 1.807) is 30.6 Å². The summed E-state index contributed by atoms with van der Waals surface area (Å²) in [4.78, 5) is 2.83. The van der Waals surface area contributed by atoms with Gasteiger partial charge in [-0.3, -0.25) is 0 Å². The predicted octanol–water partition coefficient (Wildman–Crippen LogP) is 4.18. The molecule has 0 atom stereocenters. The minimum absolute atomic E-state index is 0.0498. The number of pyridine rings is 1. The van der Waals surface area contributed by atoms with Crippen molar-refractivity contribution in [3.8, 4) is 22.8 Å². The minimum Gasteiger partial charge on any atom is -0.388 e. The Kier molecular flexibility index (Phi) is 5.07. The van der Waals surface area contributed by atoms with Crippen LogP contribution >= 0.6 is 11.5 Å². The molecule has 0 unspecified atom stereocenters. The van der Waals surface area contributed by atoms with Crippen LogP contribution in [0.3, 0.4) is 0 Å². The van der Waals surface area contributed by atoms with Crippen LogP contribution in [0.1, 0.15) is 5.56 Å². The van der Waals surface area contributed by atoms with Crippen LogP contribution in [-0.2, 0) is 10.1 Å². The lowest BCUT2D eigenvalue weighted by Gasteiger charge is -2.12. The average Bonchev–Trinajstić information content (AvgIpc) is 3.10. The van der Waals surface area contributed by atoms with Crippen LogP contribution < -0.4 is 8.92 Å². The summed E-state index contributed by atoms with van der Waals surface area (Å²) in [6, 6.07) is 6.62. The first-order valence-corrected chi connectivity index (χ1v) is 9.55. The highest BCUT2D eigenvalue weighted by molar-refractivity contribution is 7.87.